The normalized spacial score (nSPS) is 31.1. The van der Waals surface area contributed by atoms with Crippen LogP contribution in [0.5, 0.6) is 0 Å². The summed E-state index contributed by atoms with van der Waals surface area (Å²) in [5, 5.41) is 0. The van der Waals surface area contributed by atoms with Gasteiger partial charge in [-0.05, 0) is 43.1 Å². The van der Waals surface area contributed by atoms with E-state index in [0.29, 0.717) is 10.8 Å². The van der Waals surface area contributed by atoms with Crippen LogP contribution in [0.25, 0.3) is 0 Å². The Kier molecular flexibility index (Phi) is 3.18. The highest BCUT2D eigenvalue weighted by molar-refractivity contribution is 5.87. The average Bonchev–Trinajstić information content (AvgIpc) is 2.26. The minimum Gasteiger partial charge on any atom is -0.295 e. The molecule has 1 unspecified atom stereocenters. The van der Waals surface area contributed by atoms with Crippen molar-refractivity contribution in [2.75, 3.05) is 0 Å². The predicted molar refractivity (Wildman–Crippen MR) is 60.2 cm³/mol. The molecule has 0 aromatic heterocycles. The van der Waals surface area contributed by atoms with Gasteiger partial charge in [0.05, 0.1) is 0 Å². The van der Waals surface area contributed by atoms with E-state index in [1.807, 2.05) is 0 Å². The number of hydrogen-bond acceptors (Lipinski definition) is 1. The van der Waals surface area contributed by atoms with E-state index in [1.165, 1.54) is 19.3 Å². The van der Waals surface area contributed by atoms with Crippen LogP contribution in [0.1, 0.15) is 53.4 Å². The fraction of sp³-hybridized carbons (Fsp3) is 0.769. The van der Waals surface area contributed by atoms with E-state index in [0.717, 1.165) is 6.42 Å². The molecule has 1 aliphatic carbocycles. The van der Waals surface area contributed by atoms with E-state index < -0.39 is 0 Å². The maximum absolute atomic E-state index is 10.8. The Morgan fingerprint density at radius 1 is 1.29 bits per heavy atom. The van der Waals surface area contributed by atoms with Gasteiger partial charge in [-0.3, -0.25) is 4.79 Å². The number of hydrogen-bond donors (Lipinski definition) is 0. The molecule has 1 fully saturated rings. The van der Waals surface area contributed by atoms with Crippen LogP contribution >= 0.6 is 0 Å². The van der Waals surface area contributed by atoms with Crippen LogP contribution in [0.15, 0.2) is 12.2 Å². The summed E-state index contributed by atoms with van der Waals surface area (Å²) in [6.45, 7) is 8.66. The zero-order valence-electron chi connectivity index (χ0n) is 9.89. The summed E-state index contributed by atoms with van der Waals surface area (Å²) in [6.07, 6.45) is 8.74. The molecule has 0 aromatic carbocycles. The van der Waals surface area contributed by atoms with E-state index in [9.17, 15) is 4.79 Å². The van der Waals surface area contributed by atoms with Crippen LogP contribution in [0.4, 0.5) is 0 Å². The minimum atomic E-state index is 0.157. The Balaban J connectivity index is 2.62. The Morgan fingerprint density at radius 3 is 2.36 bits per heavy atom. The maximum Gasteiger partial charge on any atom is 0.152 e. The van der Waals surface area contributed by atoms with E-state index in [4.69, 9.17) is 0 Å². The lowest BCUT2D eigenvalue weighted by molar-refractivity contribution is -0.112. The summed E-state index contributed by atoms with van der Waals surface area (Å²) in [6, 6.07) is 0. The quantitative estimate of drug-likeness (QED) is 0.625. The molecule has 0 bridgehead atoms. The standard InChI is InChI=1S/C13H22O/c1-11(14)7-5-9-13(4)10-6-8-12(13,2)3/h5,7H,6,8-10H2,1-4H3/b7-5+. The van der Waals surface area contributed by atoms with Gasteiger partial charge in [-0.25, -0.2) is 0 Å². The van der Waals surface area contributed by atoms with Gasteiger partial charge in [-0.1, -0.05) is 33.3 Å². The first-order valence-corrected chi connectivity index (χ1v) is 5.55. The molecule has 80 valence electrons. The van der Waals surface area contributed by atoms with Gasteiger partial charge >= 0.3 is 0 Å². The molecule has 0 amide bonds. The smallest absolute Gasteiger partial charge is 0.152 e. The van der Waals surface area contributed by atoms with Gasteiger partial charge in [-0.2, -0.15) is 0 Å². The lowest BCUT2D eigenvalue weighted by Gasteiger charge is -2.37. The van der Waals surface area contributed by atoms with Gasteiger partial charge in [0.2, 0.25) is 0 Å². The number of allylic oxidation sites excluding steroid dienone is 2. The second-order valence-electron chi connectivity index (χ2n) is 5.52. The van der Waals surface area contributed by atoms with Crippen LogP contribution in [0.2, 0.25) is 0 Å². The summed E-state index contributed by atoms with van der Waals surface area (Å²) in [4.78, 5) is 10.8. The second kappa shape index (κ2) is 3.88. The monoisotopic (exact) mass is 194 g/mol. The molecule has 0 heterocycles. The Hall–Kier alpha value is -0.590. The molecular weight excluding hydrogens is 172 g/mol. The number of carbonyl (C=O) groups excluding carboxylic acids is 1. The fourth-order valence-electron chi connectivity index (χ4n) is 2.42. The predicted octanol–water partition coefficient (Wildman–Crippen LogP) is 3.74. The third-order valence-electron chi connectivity index (χ3n) is 4.09. The molecule has 0 N–H and O–H groups in total. The molecule has 0 aromatic rings. The van der Waals surface area contributed by atoms with Crippen molar-refractivity contribution in [1.29, 1.82) is 0 Å². The van der Waals surface area contributed by atoms with Gasteiger partial charge in [0.1, 0.15) is 0 Å². The molecule has 1 nitrogen and oxygen atoms in total. The molecule has 1 rings (SSSR count). The summed E-state index contributed by atoms with van der Waals surface area (Å²) in [5.74, 6) is 0.157. The molecule has 0 spiro atoms. The van der Waals surface area contributed by atoms with Gasteiger partial charge in [0.25, 0.3) is 0 Å². The Morgan fingerprint density at radius 2 is 1.93 bits per heavy atom. The van der Waals surface area contributed by atoms with Crippen LogP contribution in [-0.4, -0.2) is 5.78 Å². The maximum atomic E-state index is 10.8. The van der Waals surface area contributed by atoms with Gasteiger partial charge in [0, 0.05) is 0 Å². The largest absolute Gasteiger partial charge is 0.295 e. The first-order valence-electron chi connectivity index (χ1n) is 5.55. The van der Waals surface area contributed by atoms with Crippen molar-refractivity contribution in [2.45, 2.75) is 53.4 Å². The zero-order chi connectivity index (χ0) is 10.8. The molecule has 0 aliphatic heterocycles. The average molecular weight is 194 g/mol. The molecule has 1 saturated carbocycles. The lowest BCUT2D eigenvalue weighted by atomic mass is 9.67. The Labute approximate surface area is 87.6 Å². The number of ketones is 1. The Bertz CT molecular complexity index is 250. The van der Waals surface area contributed by atoms with E-state index in [1.54, 1.807) is 13.0 Å². The molecule has 14 heavy (non-hydrogen) atoms. The van der Waals surface area contributed by atoms with Gasteiger partial charge in [0.15, 0.2) is 5.78 Å². The first kappa shape index (κ1) is 11.5. The number of rotatable bonds is 3. The number of carbonyl (C=O) groups is 1. The van der Waals surface area contributed by atoms with Crippen molar-refractivity contribution in [3.63, 3.8) is 0 Å². The van der Waals surface area contributed by atoms with Crippen molar-refractivity contribution in [1.82, 2.24) is 0 Å². The highest BCUT2D eigenvalue weighted by Crippen LogP contribution is 2.54. The zero-order valence-corrected chi connectivity index (χ0v) is 9.89. The summed E-state index contributed by atoms with van der Waals surface area (Å²) < 4.78 is 0. The minimum absolute atomic E-state index is 0.157. The summed E-state index contributed by atoms with van der Waals surface area (Å²) >= 11 is 0. The van der Waals surface area contributed by atoms with Crippen LogP contribution in [-0.2, 0) is 4.79 Å². The topological polar surface area (TPSA) is 17.1 Å². The highest BCUT2D eigenvalue weighted by Gasteiger charge is 2.43. The third-order valence-corrected chi connectivity index (χ3v) is 4.09. The van der Waals surface area contributed by atoms with E-state index in [-0.39, 0.29) is 5.78 Å². The molecule has 1 aliphatic rings. The van der Waals surface area contributed by atoms with Crippen molar-refractivity contribution in [3.8, 4) is 0 Å². The third kappa shape index (κ3) is 2.26. The molecule has 1 atom stereocenters. The molecular formula is C13H22O. The molecule has 1 heteroatoms. The summed E-state index contributed by atoms with van der Waals surface area (Å²) in [7, 11) is 0. The lowest BCUT2D eigenvalue weighted by Crippen LogP contribution is -2.28. The van der Waals surface area contributed by atoms with Crippen molar-refractivity contribution < 1.29 is 4.79 Å². The van der Waals surface area contributed by atoms with E-state index >= 15 is 0 Å². The van der Waals surface area contributed by atoms with Crippen molar-refractivity contribution >= 4 is 5.78 Å². The molecule has 0 radical (unpaired) electrons. The van der Waals surface area contributed by atoms with E-state index in [2.05, 4.69) is 26.8 Å². The van der Waals surface area contributed by atoms with Crippen LogP contribution in [0, 0.1) is 10.8 Å². The van der Waals surface area contributed by atoms with Crippen molar-refractivity contribution in [2.24, 2.45) is 10.8 Å². The SMILES string of the molecule is CC(=O)/C=C/CC1(C)CCCC1(C)C. The van der Waals surface area contributed by atoms with Gasteiger partial charge < -0.3 is 0 Å². The summed E-state index contributed by atoms with van der Waals surface area (Å²) in [5.41, 5.74) is 0.813. The molecule has 0 saturated heterocycles. The second-order valence-corrected chi connectivity index (χ2v) is 5.52. The van der Waals surface area contributed by atoms with Crippen LogP contribution < -0.4 is 0 Å². The first-order chi connectivity index (χ1) is 6.37. The van der Waals surface area contributed by atoms with Crippen molar-refractivity contribution in [3.05, 3.63) is 12.2 Å². The highest BCUT2D eigenvalue weighted by atomic mass is 16.1. The fourth-order valence-corrected chi connectivity index (χ4v) is 2.42. The van der Waals surface area contributed by atoms with Gasteiger partial charge in [-0.15, -0.1) is 0 Å². The van der Waals surface area contributed by atoms with Crippen LogP contribution in [0.3, 0.4) is 0 Å².